The van der Waals surface area contributed by atoms with E-state index in [2.05, 4.69) is 0 Å². The van der Waals surface area contributed by atoms with Crippen LogP contribution >= 0.6 is 0 Å². The molecule has 0 aromatic carbocycles. The van der Waals surface area contributed by atoms with Crippen LogP contribution in [0.15, 0.2) is 12.2 Å². The Hall–Kier alpha value is -1.56. The fourth-order valence-electron chi connectivity index (χ4n) is 0.814. The maximum Gasteiger partial charge on any atom is 0.328 e. The largest absolute Gasteiger partial charge is 0.478 e. The van der Waals surface area contributed by atoms with Gasteiger partial charge in [0.15, 0.2) is 0 Å². The summed E-state index contributed by atoms with van der Waals surface area (Å²) in [5.74, 6) is -2.51. The molecule has 0 bridgehead atoms. The van der Waals surface area contributed by atoms with Crippen molar-refractivity contribution in [1.29, 1.82) is 0 Å². The quantitative estimate of drug-likeness (QED) is 0.215. The molecule has 0 unspecified atom stereocenters. The van der Waals surface area contributed by atoms with Crippen LogP contribution < -0.4 is 0 Å². The second kappa shape index (κ2) is 11.3. The van der Waals surface area contributed by atoms with Crippen LogP contribution in [0.3, 0.4) is 0 Å². The van der Waals surface area contributed by atoms with Crippen LogP contribution in [0.5, 0.6) is 0 Å². The molecule has 0 aliphatic heterocycles. The van der Waals surface area contributed by atoms with Gasteiger partial charge in [0.05, 0.1) is 13.2 Å². The molecule has 0 aliphatic rings. The van der Waals surface area contributed by atoms with Crippen LogP contribution in [-0.4, -0.2) is 90.4 Å². The Morgan fingerprint density at radius 3 is 1.15 bits per heavy atom. The first-order chi connectivity index (χ1) is 9.17. The van der Waals surface area contributed by atoms with Crippen LogP contribution in [0.4, 0.5) is 0 Å². The second-order valence-corrected chi connectivity index (χ2v) is 3.49. The smallest absolute Gasteiger partial charge is 0.328 e. The van der Waals surface area contributed by atoms with Gasteiger partial charge in [-0.1, -0.05) is 0 Å². The first-order valence-corrected chi connectivity index (χ1v) is 5.25. The number of aliphatic carboxylic acids is 2. The van der Waals surface area contributed by atoms with E-state index in [1.54, 1.807) is 0 Å². The molecule has 0 fully saturated rings. The summed E-state index contributed by atoms with van der Waals surface area (Å²) in [6, 6.07) is 0. The minimum Gasteiger partial charge on any atom is -0.478 e. The highest BCUT2D eigenvalue weighted by Crippen LogP contribution is 2.03. The van der Waals surface area contributed by atoms with E-state index in [4.69, 9.17) is 40.9 Å². The zero-order valence-electron chi connectivity index (χ0n) is 10.3. The van der Waals surface area contributed by atoms with E-state index >= 15 is 0 Å². The van der Waals surface area contributed by atoms with E-state index in [1.165, 1.54) is 0 Å². The third kappa shape index (κ3) is 10.4. The average molecular weight is 298 g/mol. The molecule has 0 amide bonds. The third-order valence-corrected chi connectivity index (χ3v) is 1.88. The van der Waals surface area contributed by atoms with Crippen molar-refractivity contribution in [3.63, 3.8) is 0 Å². The van der Waals surface area contributed by atoms with Gasteiger partial charge in [-0.2, -0.15) is 0 Å². The highest BCUT2D eigenvalue weighted by Gasteiger charge is 2.29. The predicted octanol–water partition coefficient (Wildman–Crippen LogP) is -3.87. The van der Waals surface area contributed by atoms with Crippen LogP contribution in [0.25, 0.3) is 0 Å². The van der Waals surface area contributed by atoms with Crippen LogP contribution in [0.1, 0.15) is 0 Å². The van der Waals surface area contributed by atoms with Gasteiger partial charge in [0.25, 0.3) is 0 Å². The molecule has 4 atom stereocenters. The van der Waals surface area contributed by atoms with Gasteiger partial charge in [-0.15, -0.1) is 0 Å². The minimum absolute atomic E-state index is 0.558. The number of hydrogen-bond donors (Lipinski definition) is 8. The molecule has 0 spiro atoms. The Morgan fingerprint density at radius 1 is 0.750 bits per heavy atom. The number of carboxylic acid groups (broad SMARTS) is 2. The first-order valence-electron chi connectivity index (χ1n) is 5.25. The van der Waals surface area contributed by atoms with E-state index in [-0.39, 0.29) is 0 Å². The normalized spacial score (nSPS) is 16.7. The fraction of sp³-hybridized carbons (Fsp3) is 0.600. The van der Waals surface area contributed by atoms with Gasteiger partial charge in [-0.05, 0) is 0 Å². The van der Waals surface area contributed by atoms with E-state index in [0.717, 1.165) is 0 Å². The molecule has 0 aromatic rings. The Bertz CT molecular complexity index is 285. The number of carbonyl (C=O) groups is 2. The molecule has 0 saturated carbocycles. The molecule has 8 N–H and O–H groups in total. The number of rotatable bonds is 7. The lowest BCUT2D eigenvalue weighted by molar-refractivity contribution is -0.134. The van der Waals surface area contributed by atoms with Crippen molar-refractivity contribution in [2.45, 2.75) is 24.4 Å². The maximum atomic E-state index is 9.55. The third-order valence-electron chi connectivity index (χ3n) is 1.88. The molecular weight excluding hydrogens is 280 g/mol. The zero-order valence-corrected chi connectivity index (χ0v) is 10.3. The maximum absolute atomic E-state index is 9.55. The minimum atomic E-state index is -1.67. The first kappa shape index (κ1) is 20.8. The zero-order chi connectivity index (χ0) is 16.3. The summed E-state index contributed by atoms with van der Waals surface area (Å²) in [4.78, 5) is 19.1. The lowest BCUT2D eigenvalue weighted by Crippen LogP contribution is -2.46. The Morgan fingerprint density at radius 2 is 1.00 bits per heavy atom. The van der Waals surface area contributed by atoms with Gasteiger partial charge >= 0.3 is 11.9 Å². The van der Waals surface area contributed by atoms with Gasteiger partial charge in [0.2, 0.25) is 0 Å². The van der Waals surface area contributed by atoms with Crippen molar-refractivity contribution in [1.82, 2.24) is 0 Å². The van der Waals surface area contributed by atoms with E-state index < -0.39 is 49.6 Å². The molecular formula is C10H18O10. The molecule has 20 heavy (non-hydrogen) atoms. The lowest BCUT2D eigenvalue weighted by atomic mass is 10.0. The molecule has 0 heterocycles. The predicted molar refractivity (Wildman–Crippen MR) is 62.6 cm³/mol. The van der Waals surface area contributed by atoms with Crippen molar-refractivity contribution in [3.8, 4) is 0 Å². The topological polar surface area (TPSA) is 196 Å². The van der Waals surface area contributed by atoms with Crippen molar-refractivity contribution >= 4 is 11.9 Å². The molecule has 10 nitrogen and oxygen atoms in total. The van der Waals surface area contributed by atoms with Crippen LogP contribution in [0.2, 0.25) is 0 Å². The van der Waals surface area contributed by atoms with Crippen molar-refractivity contribution in [2.24, 2.45) is 0 Å². The van der Waals surface area contributed by atoms with Crippen molar-refractivity contribution in [3.05, 3.63) is 12.2 Å². The van der Waals surface area contributed by atoms with Crippen molar-refractivity contribution in [2.75, 3.05) is 13.2 Å². The average Bonchev–Trinajstić information content (AvgIpc) is 2.42. The van der Waals surface area contributed by atoms with E-state index in [1.807, 2.05) is 0 Å². The molecule has 0 aliphatic carbocycles. The summed E-state index contributed by atoms with van der Waals surface area (Å²) in [5.41, 5.74) is 0. The summed E-state index contributed by atoms with van der Waals surface area (Å²) in [6.07, 6.45) is -5.28. The molecule has 0 saturated heterocycles. The standard InChI is InChI=1S/C6H14O6.C4H4O4/c7-1-3(9)5(11)6(12)4(10)2-8;5-3(6)1-2-4(7)8/h3-12H,1-2H2;1-2H,(H,5,6)(H,7,8)/t3-,4+,5-,6-;/m1./s1. The monoisotopic (exact) mass is 298 g/mol. The molecule has 0 radical (unpaired) electrons. The Kier molecular flexibility index (Phi) is 11.7. The highest BCUT2D eigenvalue weighted by molar-refractivity contribution is 5.89. The van der Waals surface area contributed by atoms with E-state index in [9.17, 15) is 9.59 Å². The Balaban J connectivity index is 0. The molecule has 0 rings (SSSR count). The number of hydrogen-bond acceptors (Lipinski definition) is 8. The van der Waals surface area contributed by atoms with Gasteiger partial charge in [0.1, 0.15) is 24.4 Å². The van der Waals surface area contributed by atoms with E-state index in [0.29, 0.717) is 12.2 Å². The highest BCUT2D eigenvalue weighted by atomic mass is 16.4. The summed E-state index contributed by atoms with van der Waals surface area (Å²) in [6.45, 7) is -1.45. The van der Waals surface area contributed by atoms with Gasteiger partial charge < -0.3 is 40.9 Å². The molecule has 0 aromatic heterocycles. The summed E-state index contributed by atoms with van der Waals surface area (Å²) in [7, 11) is 0. The summed E-state index contributed by atoms with van der Waals surface area (Å²) in [5, 5.41) is 67.8. The Labute approximate surface area is 113 Å². The summed E-state index contributed by atoms with van der Waals surface area (Å²) < 4.78 is 0. The molecule has 118 valence electrons. The second-order valence-electron chi connectivity index (χ2n) is 3.49. The number of carboxylic acids is 2. The van der Waals surface area contributed by atoms with Crippen LogP contribution in [-0.2, 0) is 9.59 Å². The number of aliphatic hydroxyl groups excluding tert-OH is 6. The van der Waals surface area contributed by atoms with Gasteiger partial charge in [-0.3, -0.25) is 0 Å². The van der Waals surface area contributed by atoms with Crippen molar-refractivity contribution < 1.29 is 50.4 Å². The lowest BCUT2D eigenvalue weighted by Gasteiger charge is -2.24. The fourth-order valence-corrected chi connectivity index (χ4v) is 0.814. The SMILES string of the molecule is O=C(O)C=CC(=O)O.OC[C@@H](O)[C@@H](O)[C@H](O)[C@@H](O)CO. The number of aliphatic hydroxyl groups is 6. The van der Waals surface area contributed by atoms with Gasteiger partial charge in [-0.25, -0.2) is 9.59 Å². The summed E-state index contributed by atoms with van der Waals surface area (Å²) >= 11 is 0. The molecule has 10 heteroatoms. The van der Waals surface area contributed by atoms with Crippen LogP contribution in [0, 0.1) is 0 Å². The van der Waals surface area contributed by atoms with Gasteiger partial charge in [0, 0.05) is 12.2 Å².